The summed E-state index contributed by atoms with van der Waals surface area (Å²) in [6, 6.07) is 5.80. The number of nitrogens with one attached hydrogen (secondary N) is 2. The van der Waals surface area contributed by atoms with E-state index in [-0.39, 0.29) is 24.1 Å². The van der Waals surface area contributed by atoms with Gasteiger partial charge in [0.15, 0.2) is 5.65 Å². The van der Waals surface area contributed by atoms with Crippen molar-refractivity contribution in [1.29, 1.82) is 0 Å². The molecule has 0 aliphatic heterocycles. The molecule has 0 aliphatic carbocycles. The highest BCUT2D eigenvalue weighted by molar-refractivity contribution is 5.86. The number of hydrogen-bond acceptors (Lipinski definition) is 5. The Morgan fingerprint density at radius 3 is 2.41 bits per heavy atom. The van der Waals surface area contributed by atoms with E-state index in [4.69, 9.17) is 4.74 Å². The summed E-state index contributed by atoms with van der Waals surface area (Å²) in [6.45, 7) is 4.57. The fourth-order valence-corrected chi connectivity index (χ4v) is 3.69. The van der Waals surface area contributed by atoms with Gasteiger partial charge < -0.3 is 15.4 Å². The van der Waals surface area contributed by atoms with Gasteiger partial charge in [-0.2, -0.15) is 0 Å². The molecular formula is C23H28FN5O3. The van der Waals surface area contributed by atoms with E-state index in [0.717, 1.165) is 33.4 Å². The molecule has 3 rings (SSSR count). The van der Waals surface area contributed by atoms with Crippen molar-refractivity contribution < 1.29 is 18.7 Å². The second-order valence-corrected chi connectivity index (χ2v) is 7.64. The minimum atomic E-state index is -0.336. The van der Waals surface area contributed by atoms with Gasteiger partial charge in [0.25, 0.3) is 0 Å². The van der Waals surface area contributed by atoms with Gasteiger partial charge in [-0.05, 0) is 49.1 Å². The molecule has 0 saturated heterocycles. The monoisotopic (exact) mass is 441 g/mol. The number of pyridine rings is 1. The molecule has 2 aromatic heterocycles. The van der Waals surface area contributed by atoms with Crippen molar-refractivity contribution in [3.05, 3.63) is 52.5 Å². The van der Waals surface area contributed by atoms with Crippen molar-refractivity contribution >= 4 is 22.8 Å². The molecule has 2 N–H and O–H groups in total. The molecular weight excluding hydrogens is 413 g/mol. The molecule has 2 heterocycles. The van der Waals surface area contributed by atoms with Crippen LogP contribution >= 0.6 is 0 Å². The fraction of sp³-hybridized carbons (Fsp3) is 0.391. The zero-order valence-corrected chi connectivity index (χ0v) is 18.8. The van der Waals surface area contributed by atoms with Crippen LogP contribution in [0.15, 0.2) is 24.3 Å². The molecule has 0 atom stereocenters. The molecule has 0 saturated carbocycles. The van der Waals surface area contributed by atoms with Gasteiger partial charge in [0.2, 0.25) is 17.7 Å². The summed E-state index contributed by atoms with van der Waals surface area (Å²) in [4.78, 5) is 28.9. The van der Waals surface area contributed by atoms with Gasteiger partial charge in [-0.15, -0.1) is 5.10 Å². The Hall–Kier alpha value is -3.49. The average molecular weight is 442 g/mol. The van der Waals surface area contributed by atoms with Crippen molar-refractivity contribution in [2.24, 2.45) is 7.05 Å². The lowest BCUT2D eigenvalue weighted by Gasteiger charge is -2.12. The van der Waals surface area contributed by atoms with Crippen LogP contribution in [0.1, 0.15) is 28.8 Å². The number of ether oxygens (including phenoxy) is 1. The highest BCUT2D eigenvalue weighted by atomic mass is 19.1. The first kappa shape index (κ1) is 23.2. The van der Waals surface area contributed by atoms with Crippen LogP contribution < -0.4 is 15.4 Å². The van der Waals surface area contributed by atoms with E-state index >= 15 is 0 Å². The molecule has 0 unspecified atom stereocenters. The Labute approximate surface area is 186 Å². The third kappa shape index (κ3) is 5.40. The van der Waals surface area contributed by atoms with Gasteiger partial charge in [-0.25, -0.2) is 14.1 Å². The maximum Gasteiger partial charge on any atom is 0.242 e. The molecule has 9 heteroatoms. The zero-order valence-electron chi connectivity index (χ0n) is 18.8. The minimum absolute atomic E-state index is 0.102. The van der Waals surface area contributed by atoms with Crippen molar-refractivity contribution in [3.63, 3.8) is 0 Å². The average Bonchev–Trinajstić information content (AvgIpc) is 3.08. The highest BCUT2D eigenvalue weighted by Crippen LogP contribution is 2.30. The smallest absolute Gasteiger partial charge is 0.242 e. The number of halogens is 1. The highest BCUT2D eigenvalue weighted by Gasteiger charge is 2.18. The molecule has 0 radical (unpaired) electrons. The van der Waals surface area contributed by atoms with Crippen molar-refractivity contribution in [1.82, 2.24) is 25.4 Å². The number of rotatable bonds is 9. The van der Waals surface area contributed by atoms with Crippen LogP contribution in [-0.2, 0) is 29.5 Å². The quantitative estimate of drug-likeness (QED) is 0.496. The number of nitrogens with zero attached hydrogens (tertiary/aromatic N) is 3. The molecule has 1 aromatic carbocycles. The van der Waals surface area contributed by atoms with E-state index in [1.165, 1.54) is 12.1 Å². The lowest BCUT2D eigenvalue weighted by Crippen LogP contribution is -2.35. The van der Waals surface area contributed by atoms with Gasteiger partial charge in [-0.1, -0.05) is 12.1 Å². The lowest BCUT2D eigenvalue weighted by atomic mass is 10.00. The number of carbonyl (C=O) groups excluding carboxylic acids is 2. The van der Waals surface area contributed by atoms with Crippen molar-refractivity contribution in [2.45, 2.75) is 33.1 Å². The van der Waals surface area contributed by atoms with Crippen LogP contribution in [0, 0.1) is 19.7 Å². The topological polar surface area (TPSA) is 98.1 Å². The maximum atomic E-state index is 12.9. The summed E-state index contributed by atoms with van der Waals surface area (Å²) in [5.74, 6) is -0.0937. The first-order valence-electron chi connectivity index (χ1n) is 10.4. The summed E-state index contributed by atoms with van der Waals surface area (Å²) in [6.07, 6.45) is 1.02. The Morgan fingerprint density at radius 1 is 1.09 bits per heavy atom. The molecule has 0 aliphatic rings. The first-order valence-corrected chi connectivity index (χ1v) is 10.4. The largest absolute Gasteiger partial charge is 0.479 e. The maximum absolute atomic E-state index is 12.9. The van der Waals surface area contributed by atoms with Crippen molar-refractivity contribution in [3.8, 4) is 5.88 Å². The summed E-state index contributed by atoms with van der Waals surface area (Å²) < 4.78 is 20.0. The van der Waals surface area contributed by atoms with E-state index in [1.807, 2.05) is 20.9 Å². The summed E-state index contributed by atoms with van der Waals surface area (Å²) in [5, 5.41) is 10.8. The van der Waals surface area contributed by atoms with E-state index < -0.39 is 0 Å². The second kappa shape index (κ2) is 10.2. The first-order chi connectivity index (χ1) is 15.3. The number of hydrogen-bond donors (Lipinski definition) is 2. The fourth-order valence-electron chi connectivity index (χ4n) is 3.69. The normalized spacial score (nSPS) is 10.9. The van der Waals surface area contributed by atoms with Crippen LogP contribution in [0.3, 0.4) is 0 Å². The molecule has 0 spiro atoms. The van der Waals surface area contributed by atoms with Gasteiger partial charge in [0, 0.05) is 32.3 Å². The molecule has 3 aromatic rings. The van der Waals surface area contributed by atoms with E-state index in [0.29, 0.717) is 31.8 Å². The van der Waals surface area contributed by atoms with Gasteiger partial charge in [0.05, 0.1) is 18.9 Å². The second-order valence-electron chi connectivity index (χ2n) is 7.64. The third-order valence-electron chi connectivity index (χ3n) is 5.37. The molecule has 170 valence electrons. The Kier molecular flexibility index (Phi) is 7.40. The number of amides is 2. The Bertz CT molecular complexity index is 1130. The number of aryl methyl sites for hydroxylation is 3. The van der Waals surface area contributed by atoms with E-state index in [2.05, 4.69) is 20.7 Å². The number of methoxy groups -OCH3 is 1. The van der Waals surface area contributed by atoms with E-state index in [1.54, 1.807) is 23.9 Å². The van der Waals surface area contributed by atoms with Crippen LogP contribution in [0.2, 0.25) is 0 Å². The van der Waals surface area contributed by atoms with Crippen LogP contribution in [0.5, 0.6) is 5.88 Å². The molecule has 2 amide bonds. The molecule has 0 bridgehead atoms. The summed E-state index contributed by atoms with van der Waals surface area (Å²) in [5.41, 5.74) is 4.36. The number of fused-ring (bicyclic) bond motifs is 1. The Morgan fingerprint density at radius 2 is 1.75 bits per heavy atom. The van der Waals surface area contributed by atoms with Crippen LogP contribution in [0.4, 0.5) is 4.39 Å². The van der Waals surface area contributed by atoms with Gasteiger partial charge >= 0.3 is 0 Å². The predicted octanol–water partition coefficient (Wildman–Crippen LogP) is 2.14. The number of benzene rings is 1. The minimum Gasteiger partial charge on any atom is -0.479 e. The SMILES string of the molecule is COc1nn(C)c2nc(C)c(CCC(=O)NCCNC(=O)Cc3ccc(F)cc3)c(C)c12. The molecule has 32 heavy (non-hydrogen) atoms. The zero-order chi connectivity index (χ0) is 23.3. The van der Waals surface area contributed by atoms with Crippen molar-refractivity contribution in [2.75, 3.05) is 20.2 Å². The summed E-state index contributed by atoms with van der Waals surface area (Å²) in [7, 11) is 3.40. The number of aromatic nitrogens is 3. The number of carbonyl (C=O) groups is 2. The van der Waals surface area contributed by atoms with E-state index in [9.17, 15) is 14.0 Å². The lowest BCUT2D eigenvalue weighted by molar-refractivity contribution is -0.122. The van der Waals surface area contributed by atoms with Gasteiger partial charge in [0.1, 0.15) is 5.82 Å². The van der Waals surface area contributed by atoms with Crippen LogP contribution in [0.25, 0.3) is 11.0 Å². The predicted molar refractivity (Wildman–Crippen MR) is 119 cm³/mol. The summed E-state index contributed by atoms with van der Waals surface area (Å²) >= 11 is 0. The van der Waals surface area contributed by atoms with Gasteiger partial charge in [-0.3, -0.25) is 9.59 Å². The Balaban J connectivity index is 1.47. The van der Waals surface area contributed by atoms with Crippen LogP contribution in [-0.4, -0.2) is 46.8 Å². The third-order valence-corrected chi connectivity index (χ3v) is 5.37. The molecule has 0 fully saturated rings. The standard InChI is InChI=1S/C23H28FN5O3/c1-14-18(15(2)27-22-21(14)23(32-4)28-29(22)3)9-10-19(30)25-11-12-26-20(31)13-16-5-7-17(24)8-6-16/h5-8H,9-13H2,1-4H3,(H,25,30)(H,26,31). The molecule has 8 nitrogen and oxygen atoms in total.